The first-order valence-electron chi connectivity index (χ1n) is 7.52. The minimum absolute atomic E-state index is 0.685. The minimum atomic E-state index is 0.685. The molecule has 0 aromatic heterocycles. The van der Waals surface area contributed by atoms with Gasteiger partial charge in [-0.2, -0.15) is 0 Å². The lowest BCUT2D eigenvalue weighted by Gasteiger charge is -2.24. The zero-order valence-electron chi connectivity index (χ0n) is 13.1. The molecular weight excluding hydrogens is 260 g/mol. The van der Waals surface area contributed by atoms with Crippen molar-refractivity contribution in [3.05, 3.63) is 48.0 Å². The highest BCUT2D eigenvalue weighted by Gasteiger charge is 2.10. The number of nitrogens with two attached hydrogens (primary N) is 1. The van der Waals surface area contributed by atoms with Crippen LogP contribution in [-0.4, -0.2) is 13.2 Å². The van der Waals surface area contributed by atoms with Gasteiger partial charge in [0.15, 0.2) is 0 Å². The van der Waals surface area contributed by atoms with Crippen molar-refractivity contribution in [1.29, 1.82) is 0 Å². The van der Waals surface area contributed by atoms with E-state index in [4.69, 9.17) is 10.5 Å². The van der Waals surface area contributed by atoms with E-state index in [0.717, 1.165) is 24.4 Å². The van der Waals surface area contributed by atoms with Crippen molar-refractivity contribution >= 4 is 17.1 Å². The SMILES string of the molecule is CCCOc1cc(N(CC)c2cccc(C)c2)ccc1N. The maximum absolute atomic E-state index is 5.99. The number of nitrogens with zero attached hydrogens (tertiary/aromatic N) is 1. The van der Waals surface area contributed by atoms with Gasteiger partial charge in [-0.3, -0.25) is 0 Å². The van der Waals surface area contributed by atoms with Gasteiger partial charge >= 0.3 is 0 Å². The third-order valence-electron chi connectivity index (χ3n) is 3.40. The molecule has 112 valence electrons. The smallest absolute Gasteiger partial charge is 0.144 e. The lowest BCUT2D eigenvalue weighted by atomic mass is 10.1. The third-order valence-corrected chi connectivity index (χ3v) is 3.40. The van der Waals surface area contributed by atoms with E-state index < -0.39 is 0 Å². The molecule has 0 amide bonds. The molecule has 0 unspecified atom stereocenters. The van der Waals surface area contributed by atoms with Crippen molar-refractivity contribution in [1.82, 2.24) is 0 Å². The van der Waals surface area contributed by atoms with E-state index in [-0.39, 0.29) is 0 Å². The van der Waals surface area contributed by atoms with Gasteiger partial charge in [-0.25, -0.2) is 0 Å². The normalized spacial score (nSPS) is 10.4. The van der Waals surface area contributed by atoms with Crippen LogP contribution < -0.4 is 15.4 Å². The summed E-state index contributed by atoms with van der Waals surface area (Å²) in [5.41, 5.74) is 10.2. The first kappa shape index (κ1) is 15.2. The zero-order valence-corrected chi connectivity index (χ0v) is 13.1. The van der Waals surface area contributed by atoms with Crippen LogP contribution in [-0.2, 0) is 0 Å². The quantitative estimate of drug-likeness (QED) is 0.792. The first-order valence-corrected chi connectivity index (χ1v) is 7.52. The molecule has 0 radical (unpaired) electrons. The van der Waals surface area contributed by atoms with Gasteiger partial charge in [-0.05, 0) is 50.1 Å². The molecule has 0 heterocycles. The van der Waals surface area contributed by atoms with Crippen LogP contribution in [0.15, 0.2) is 42.5 Å². The standard InChI is InChI=1S/C18H24N2O/c1-4-11-21-18-13-16(9-10-17(18)19)20(5-2)15-8-6-7-14(3)12-15/h6-10,12-13H,4-5,11,19H2,1-3H3. The van der Waals surface area contributed by atoms with E-state index in [1.54, 1.807) is 0 Å². The molecule has 2 aromatic carbocycles. The Morgan fingerprint density at radius 1 is 1.05 bits per heavy atom. The minimum Gasteiger partial charge on any atom is -0.491 e. The van der Waals surface area contributed by atoms with Crippen LogP contribution in [0.2, 0.25) is 0 Å². The van der Waals surface area contributed by atoms with Crippen LogP contribution in [0.3, 0.4) is 0 Å². The molecule has 2 rings (SSSR count). The highest BCUT2D eigenvalue weighted by Crippen LogP contribution is 2.32. The summed E-state index contributed by atoms with van der Waals surface area (Å²) in [4.78, 5) is 2.26. The summed E-state index contributed by atoms with van der Waals surface area (Å²) in [6.07, 6.45) is 0.971. The topological polar surface area (TPSA) is 38.5 Å². The van der Waals surface area contributed by atoms with Crippen molar-refractivity contribution in [2.45, 2.75) is 27.2 Å². The van der Waals surface area contributed by atoms with Crippen molar-refractivity contribution < 1.29 is 4.74 Å². The predicted molar refractivity (Wildman–Crippen MR) is 90.5 cm³/mol. The number of hydrogen-bond donors (Lipinski definition) is 1. The average Bonchev–Trinajstić information content (AvgIpc) is 2.48. The van der Waals surface area contributed by atoms with Crippen LogP contribution in [0.1, 0.15) is 25.8 Å². The Labute approximate surface area is 127 Å². The third kappa shape index (κ3) is 3.69. The maximum Gasteiger partial charge on any atom is 0.144 e. The molecule has 2 aromatic rings. The van der Waals surface area contributed by atoms with Crippen LogP contribution >= 0.6 is 0 Å². The highest BCUT2D eigenvalue weighted by atomic mass is 16.5. The van der Waals surface area contributed by atoms with Crippen molar-refractivity contribution in [2.24, 2.45) is 0 Å². The molecule has 21 heavy (non-hydrogen) atoms. The van der Waals surface area contributed by atoms with Gasteiger partial charge in [0, 0.05) is 24.0 Å². The largest absolute Gasteiger partial charge is 0.491 e. The van der Waals surface area contributed by atoms with E-state index >= 15 is 0 Å². The van der Waals surface area contributed by atoms with E-state index in [1.165, 1.54) is 11.3 Å². The fourth-order valence-corrected chi connectivity index (χ4v) is 2.34. The average molecular weight is 284 g/mol. The summed E-state index contributed by atoms with van der Waals surface area (Å²) in [7, 11) is 0. The monoisotopic (exact) mass is 284 g/mol. The number of aryl methyl sites for hydroxylation is 1. The van der Waals surface area contributed by atoms with E-state index in [2.05, 4.69) is 49.9 Å². The van der Waals surface area contributed by atoms with E-state index in [9.17, 15) is 0 Å². The van der Waals surface area contributed by atoms with Gasteiger partial charge in [0.2, 0.25) is 0 Å². The molecule has 2 N–H and O–H groups in total. The summed E-state index contributed by atoms with van der Waals surface area (Å²) < 4.78 is 5.73. The number of rotatable bonds is 6. The van der Waals surface area contributed by atoms with Gasteiger partial charge in [-0.15, -0.1) is 0 Å². The maximum atomic E-state index is 5.99. The summed E-state index contributed by atoms with van der Waals surface area (Å²) in [6, 6.07) is 14.5. The molecule has 0 atom stereocenters. The van der Waals surface area contributed by atoms with Crippen molar-refractivity contribution in [3.63, 3.8) is 0 Å². The molecule has 0 aliphatic rings. The van der Waals surface area contributed by atoms with Crippen LogP contribution in [0, 0.1) is 6.92 Å². The Morgan fingerprint density at radius 2 is 1.81 bits per heavy atom. The summed E-state index contributed by atoms with van der Waals surface area (Å²) in [6.45, 7) is 7.91. The number of ether oxygens (including phenoxy) is 1. The van der Waals surface area contributed by atoms with E-state index in [0.29, 0.717) is 12.3 Å². The second kappa shape index (κ2) is 7.02. The molecular formula is C18H24N2O. The Hall–Kier alpha value is -2.16. The molecule has 3 heteroatoms. The molecule has 0 aliphatic carbocycles. The Balaban J connectivity index is 2.34. The molecule has 0 fully saturated rings. The molecule has 0 saturated carbocycles. The fraction of sp³-hybridized carbons (Fsp3) is 0.333. The molecule has 0 bridgehead atoms. The van der Waals surface area contributed by atoms with Gasteiger partial charge in [-0.1, -0.05) is 19.1 Å². The second-order valence-electron chi connectivity index (χ2n) is 5.15. The van der Waals surface area contributed by atoms with Crippen LogP contribution in [0.25, 0.3) is 0 Å². The molecule has 3 nitrogen and oxygen atoms in total. The zero-order chi connectivity index (χ0) is 15.2. The van der Waals surface area contributed by atoms with Gasteiger partial charge in [0.05, 0.1) is 12.3 Å². The molecule has 0 saturated heterocycles. The number of hydrogen-bond acceptors (Lipinski definition) is 3. The Bertz CT molecular complexity index is 596. The van der Waals surface area contributed by atoms with Gasteiger partial charge in [0.1, 0.15) is 5.75 Å². The van der Waals surface area contributed by atoms with Gasteiger partial charge < -0.3 is 15.4 Å². The van der Waals surface area contributed by atoms with E-state index in [1.807, 2.05) is 18.2 Å². The number of nitrogen functional groups attached to an aromatic ring is 1. The predicted octanol–water partition coefficient (Wildman–Crippen LogP) is 4.52. The van der Waals surface area contributed by atoms with Crippen LogP contribution in [0.5, 0.6) is 5.75 Å². The highest BCUT2D eigenvalue weighted by molar-refractivity contribution is 5.69. The second-order valence-corrected chi connectivity index (χ2v) is 5.15. The number of anilines is 3. The summed E-state index contributed by atoms with van der Waals surface area (Å²) in [5, 5.41) is 0. The van der Waals surface area contributed by atoms with Gasteiger partial charge in [0.25, 0.3) is 0 Å². The number of benzene rings is 2. The van der Waals surface area contributed by atoms with Crippen LogP contribution in [0.4, 0.5) is 17.1 Å². The Kier molecular flexibility index (Phi) is 5.09. The Morgan fingerprint density at radius 3 is 2.48 bits per heavy atom. The lowest BCUT2D eigenvalue weighted by Crippen LogP contribution is -2.16. The lowest BCUT2D eigenvalue weighted by molar-refractivity contribution is 0.319. The first-order chi connectivity index (χ1) is 10.2. The molecule has 0 aliphatic heterocycles. The fourth-order valence-electron chi connectivity index (χ4n) is 2.34. The summed E-state index contributed by atoms with van der Waals surface area (Å²) in [5.74, 6) is 0.764. The summed E-state index contributed by atoms with van der Waals surface area (Å²) >= 11 is 0. The van der Waals surface area contributed by atoms with Crippen molar-refractivity contribution in [2.75, 3.05) is 23.8 Å². The van der Waals surface area contributed by atoms with Crippen molar-refractivity contribution in [3.8, 4) is 5.75 Å². The molecule has 0 spiro atoms.